The monoisotopic (exact) mass is 362 g/mol. The highest BCUT2D eigenvalue weighted by Gasteiger charge is 2.27. The smallest absolute Gasteiger partial charge is 0.253 e. The highest BCUT2D eigenvalue weighted by molar-refractivity contribution is 5.94. The number of hydrogen-bond acceptors (Lipinski definition) is 4. The molecule has 1 amide bonds. The molecule has 0 spiro atoms. The number of fused-ring (bicyclic) bond motifs is 1. The number of nitrogens with zero attached hydrogens (tertiary/aromatic N) is 2. The molecular formula is C22H22N2O3. The van der Waals surface area contributed by atoms with Gasteiger partial charge in [0, 0.05) is 24.6 Å². The topological polar surface area (TPSA) is 55.6 Å². The Morgan fingerprint density at radius 3 is 2.63 bits per heavy atom. The second kappa shape index (κ2) is 7.66. The van der Waals surface area contributed by atoms with Crippen LogP contribution in [0.5, 0.6) is 5.75 Å². The van der Waals surface area contributed by atoms with Crippen molar-refractivity contribution in [2.45, 2.75) is 18.8 Å². The van der Waals surface area contributed by atoms with Crippen LogP contribution in [0.1, 0.15) is 35.0 Å². The number of benzene rings is 2. The van der Waals surface area contributed by atoms with Gasteiger partial charge in [-0.2, -0.15) is 0 Å². The van der Waals surface area contributed by atoms with Gasteiger partial charge in [-0.15, -0.1) is 0 Å². The van der Waals surface area contributed by atoms with E-state index in [1.54, 1.807) is 6.08 Å². The number of carbonyl (C=O) groups excluding carboxylic acids is 1. The van der Waals surface area contributed by atoms with E-state index in [0.29, 0.717) is 25.3 Å². The van der Waals surface area contributed by atoms with Crippen LogP contribution < -0.4 is 4.74 Å². The fourth-order valence-electron chi connectivity index (χ4n) is 3.43. The van der Waals surface area contributed by atoms with Crippen molar-refractivity contribution in [2.75, 3.05) is 19.7 Å². The number of ether oxygens (including phenoxy) is 1. The third-order valence-electron chi connectivity index (χ3n) is 4.91. The number of carbonyl (C=O) groups is 1. The first-order chi connectivity index (χ1) is 13.2. The van der Waals surface area contributed by atoms with Gasteiger partial charge in [0.2, 0.25) is 0 Å². The molecule has 1 fully saturated rings. The summed E-state index contributed by atoms with van der Waals surface area (Å²) in [7, 11) is 0. The predicted molar refractivity (Wildman–Crippen MR) is 104 cm³/mol. The molecule has 4 rings (SSSR count). The molecule has 0 bridgehead atoms. The molecule has 1 aliphatic rings. The van der Waals surface area contributed by atoms with Crippen LogP contribution in [0.2, 0.25) is 0 Å². The molecule has 138 valence electrons. The van der Waals surface area contributed by atoms with Crippen molar-refractivity contribution >= 4 is 17.0 Å². The summed E-state index contributed by atoms with van der Waals surface area (Å²) in [5.74, 6) is 1.84. The minimum Gasteiger partial charge on any atom is -0.490 e. The van der Waals surface area contributed by atoms with E-state index in [0.717, 1.165) is 35.6 Å². The Morgan fingerprint density at radius 2 is 1.93 bits per heavy atom. The van der Waals surface area contributed by atoms with Crippen molar-refractivity contribution in [3.63, 3.8) is 0 Å². The lowest BCUT2D eigenvalue weighted by molar-refractivity contribution is 0.0706. The summed E-state index contributed by atoms with van der Waals surface area (Å²) in [6.07, 6.45) is 3.41. The summed E-state index contributed by atoms with van der Waals surface area (Å²) in [6.45, 7) is 5.49. The molecule has 1 saturated heterocycles. The Morgan fingerprint density at radius 1 is 1.19 bits per heavy atom. The summed E-state index contributed by atoms with van der Waals surface area (Å²) >= 11 is 0. The van der Waals surface area contributed by atoms with Crippen LogP contribution in [0.4, 0.5) is 0 Å². The van der Waals surface area contributed by atoms with Crippen LogP contribution >= 0.6 is 0 Å². The lowest BCUT2D eigenvalue weighted by Gasteiger charge is -2.30. The van der Waals surface area contributed by atoms with E-state index in [-0.39, 0.29) is 11.8 Å². The number of hydrogen-bond donors (Lipinski definition) is 0. The summed E-state index contributed by atoms with van der Waals surface area (Å²) in [4.78, 5) is 19.2. The maximum atomic E-state index is 12.7. The van der Waals surface area contributed by atoms with Crippen molar-refractivity contribution in [3.8, 4) is 5.75 Å². The standard InChI is InChI=1S/C22H22N2O3/c1-2-15-26-18-9-7-17(8-10-18)22(25)24-13-11-16(12-14-24)21-23-19-5-3-4-6-20(19)27-21/h2-10,16H,1,11-15H2. The highest BCUT2D eigenvalue weighted by Crippen LogP contribution is 2.30. The molecule has 0 N–H and O–H groups in total. The summed E-state index contributed by atoms with van der Waals surface area (Å²) in [6, 6.07) is 15.1. The van der Waals surface area contributed by atoms with Crippen LogP contribution in [-0.2, 0) is 0 Å². The number of rotatable bonds is 5. The van der Waals surface area contributed by atoms with Crippen LogP contribution in [-0.4, -0.2) is 35.5 Å². The van der Waals surface area contributed by atoms with Gasteiger partial charge >= 0.3 is 0 Å². The quantitative estimate of drug-likeness (QED) is 0.631. The summed E-state index contributed by atoms with van der Waals surface area (Å²) < 4.78 is 11.4. The van der Waals surface area contributed by atoms with Gasteiger partial charge in [-0.05, 0) is 49.2 Å². The first kappa shape index (κ1) is 17.3. The minimum atomic E-state index is 0.0567. The van der Waals surface area contributed by atoms with Gasteiger partial charge in [0.1, 0.15) is 17.9 Å². The lowest BCUT2D eigenvalue weighted by Crippen LogP contribution is -2.37. The highest BCUT2D eigenvalue weighted by atomic mass is 16.5. The molecule has 0 atom stereocenters. The van der Waals surface area contributed by atoms with Gasteiger partial charge in [0.25, 0.3) is 5.91 Å². The van der Waals surface area contributed by atoms with E-state index >= 15 is 0 Å². The van der Waals surface area contributed by atoms with E-state index in [4.69, 9.17) is 9.15 Å². The van der Waals surface area contributed by atoms with E-state index < -0.39 is 0 Å². The third kappa shape index (κ3) is 3.72. The predicted octanol–water partition coefficient (Wildman–Crippen LogP) is 4.41. The molecule has 5 heteroatoms. The van der Waals surface area contributed by atoms with Crippen molar-refractivity contribution < 1.29 is 13.9 Å². The molecule has 2 aromatic carbocycles. The van der Waals surface area contributed by atoms with Crippen LogP contribution in [0.25, 0.3) is 11.1 Å². The van der Waals surface area contributed by atoms with Gasteiger partial charge < -0.3 is 14.1 Å². The van der Waals surface area contributed by atoms with Gasteiger partial charge in [-0.3, -0.25) is 4.79 Å². The Hall–Kier alpha value is -3.08. The molecular weight excluding hydrogens is 340 g/mol. The molecule has 1 aliphatic heterocycles. The second-order valence-corrected chi connectivity index (χ2v) is 6.71. The van der Waals surface area contributed by atoms with Crippen molar-refractivity contribution in [3.05, 3.63) is 72.6 Å². The molecule has 5 nitrogen and oxygen atoms in total. The third-order valence-corrected chi connectivity index (χ3v) is 4.91. The minimum absolute atomic E-state index is 0.0567. The van der Waals surface area contributed by atoms with Crippen molar-refractivity contribution in [1.82, 2.24) is 9.88 Å². The summed E-state index contributed by atoms with van der Waals surface area (Å²) in [5, 5.41) is 0. The SMILES string of the molecule is C=CCOc1ccc(C(=O)N2CCC(c3nc4ccccc4o3)CC2)cc1. The maximum Gasteiger partial charge on any atom is 0.253 e. The van der Waals surface area contributed by atoms with E-state index in [1.807, 2.05) is 53.4 Å². The van der Waals surface area contributed by atoms with Gasteiger partial charge in [0.05, 0.1) is 0 Å². The molecule has 0 aliphatic carbocycles. The fourth-order valence-corrected chi connectivity index (χ4v) is 3.43. The average molecular weight is 362 g/mol. The zero-order chi connectivity index (χ0) is 18.6. The number of aromatic nitrogens is 1. The Kier molecular flexibility index (Phi) is 4.92. The molecule has 0 saturated carbocycles. The molecule has 3 aromatic rings. The Bertz CT molecular complexity index is 905. The zero-order valence-electron chi connectivity index (χ0n) is 15.1. The number of para-hydroxylation sites is 2. The van der Waals surface area contributed by atoms with Crippen molar-refractivity contribution in [1.29, 1.82) is 0 Å². The zero-order valence-corrected chi connectivity index (χ0v) is 15.1. The molecule has 27 heavy (non-hydrogen) atoms. The van der Waals surface area contributed by atoms with Crippen LogP contribution in [0, 0.1) is 0 Å². The summed E-state index contributed by atoms with van der Waals surface area (Å²) in [5.41, 5.74) is 2.40. The van der Waals surface area contributed by atoms with Gasteiger partial charge in [0.15, 0.2) is 11.5 Å². The van der Waals surface area contributed by atoms with Gasteiger partial charge in [-0.25, -0.2) is 4.98 Å². The first-order valence-corrected chi connectivity index (χ1v) is 9.23. The van der Waals surface area contributed by atoms with E-state index in [1.165, 1.54) is 0 Å². The van der Waals surface area contributed by atoms with Crippen LogP contribution in [0.3, 0.4) is 0 Å². The molecule has 2 heterocycles. The first-order valence-electron chi connectivity index (χ1n) is 9.23. The second-order valence-electron chi connectivity index (χ2n) is 6.71. The number of oxazole rings is 1. The largest absolute Gasteiger partial charge is 0.490 e. The normalized spacial score (nSPS) is 15.0. The lowest BCUT2D eigenvalue weighted by atomic mass is 9.96. The van der Waals surface area contributed by atoms with E-state index in [9.17, 15) is 4.79 Å². The average Bonchev–Trinajstić information content (AvgIpc) is 3.16. The number of amides is 1. The fraction of sp³-hybridized carbons (Fsp3) is 0.273. The Labute approximate surface area is 158 Å². The number of piperidine rings is 1. The van der Waals surface area contributed by atoms with Gasteiger partial charge in [-0.1, -0.05) is 24.8 Å². The van der Waals surface area contributed by atoms with E-state index in [2.05, 4.69) is 11.6 Å². The Balaban J connectivity index is 1.38. The maximum absolute atomic E-state index is 12.7. The number of likely N-dealkylation sites (tertiary alicyclic amines) is 1. The molecule has 0 unspecified atom stereocenters. The molecule has 1 aromatic heterocycles. The molecule has 0 radical (unpaired) electrons. The van der Waals surface area contributed by atoms with Crippen LogP contribution in [0.15, 0.2) is 65.6 Å². The van der Waals surface area contributed by atoms with Crippen molar-refractivity contribution in [2.24, 2.45) is 0 Å².